The SMILES string of the molecule is C#Cc1ccc(N(C=N)C(=O)NC)cc1. The van der Waals surface area contributed by atoms with Gasteiger partial charge in [0.1, 0.15) is 0 Å². The van der Waals surface area contributed by atoms with Crippen LogP contribution in [0.3, 0.4) is 0 Å². The maximum absolute atomic E-state index is 11.3. The summed E-state index contributed by atoms with van der Waals surface area (Å²) in [7, 11) is 1.51. The van der Waals surface area contributed by atoms with Gasteiger partial charge in [-0.15, -0.1) is 6.42 Å². The van der Waals surface area contributed by atoms with E-state index in [1.54, 1.807) is 24.3 Å². The van der Waals surface area contributed by atoms with Gasteiger partial charge in [-0.25, -0.2) is 4.79 Å². The summed E-state index contributed by atoms with van der Waals surface area (Å²) in [5, 5.41) is 9.57. The van der Waals surface area contributed by atoms with Crippen LogP contribution in [0.4, 0.5) is 10.5 Å². The highest BCUT2D eigenvalue weighted by atomic mass is 16.2. The Labute approximate surface area is 88.4 Å². The van der Waals surface area contributed by atoms with Gasteiger partial charge in [-0.05, 0) is 24.3 Å². The topological polar surface area (TPSA) is 56.2 Å². The molecular weight excluding hydrogens is 190 g/mol. The van der Waals surface area contributed by atoms with Crippen molar-refractivity contribution >= 4 is 18.1 Å². The first-order valence-corrected chi connectivity index (χ1v) is 4.31. The van der Waals surface area contributed by atoms with Gasteiger partial charge < -0.3 is 5.32 Å². The van der Waals surface area contributed by atoms with Crippen molar-refractivity contribution in [1.82, 2.24) is 5.32 Å². The van der Waals surface area contributed by atoms with E-state index in [4.69, 9.17) is 11.8 Å². The maximum atomic E-state index is 11.3. The van der Waals surface area contributed by atoms with Crippen LogP contribution in [0.5, 0.6) is 0 Å². The molecule has 0 unspecified atom stereocenters. The van der Waals surface area contributed by atoms with Crippen LogP contribution < -0.4 is 10.2 Å². The van der Waals surface area contributed by atoms with E-state index in [0.29, 0.717) is 5.69 Å². The lowest BCUT2D eigenvalue weighted by molar-refractivity contribution is 0.251. The molecule has 0 aliphatic carbocycles. The number of carbonyl (C=O) groups excluding carboxylic acids is 1. The molecule has 0 saturated carbocycles. The molecule has 4 nitrogen and oxygen atoms in total. The van der Waals surface area contributed by atoms with Crippen molar-refractivity contribution in [3.63, 3.8) is 0 Å². The fourth-order valence-corrected chi connectivity index (χ4v) is 1.09. The minimum atomic E-state index is -0.363. The minimum absolute atomic E-state index is 0.363. The van der Waals surface area contributed by atoms with Gasteiger partial charge in [-0.3, -0.25) is 10.3 Å². The normalized spacial score (nSPS) is 8.80. The predicted molar refractivity (Wildman–Crippen MR) is 60.1 cm³/mol. The Hall–Kier alpha value is -2.28. The van der Waals surface area contributed by atoms with Crippen molar-refractivity contribution < 1.29 is 4.79 Å². The smallest absolute Gasteiger partial charge is 0.326 e. The number of rotatable bonds is 2. The Morgan fingerprint density at radius 2 is 2.13 bits per heavy atom. The zero-order chi connectivity index (χ0) is 11.3. The Morgan fingerprint density at radius 1 is 1.53 bits per heavy atom. The fraction of sp³-hybridized carbons (Fsp3) is 0.0909. The monoisotopic (exact) mass is 201 g/mol. The first-order valence-electron chi connectivity index (χ1n) is 4.31. The molecule has 4 heteroatoms. The molecule has 2 N–H and O–H groups in total. The van der Waals surface area contributed by atoms with Crippen molar-refractivity contribution in [2.75, 3.05) is 11.9 Å². The van der Waals surface area contributed by atoms with Gasteiger partial charge in [0.15, 0.2) is 0 Å². The van der Waals surface area contributed by atoms with E-state index in [-0.39, 0.29) is 6.03 Å². The molecule has 0 aliphatic rings. The summed E-state index contributed by atoms with van der Waals surface area (Å²) in [5.74, 6) is 2.48. The Balaban J connectivity index is 2.99. The van der Waals surface area contributed by atoms with Crippen LogP contribution in [0.1, 0.15) is 5.56 Å². The maximum Gasteiger partial charge on any atom is 0.326 e. The summed E-state index contributed by atoms with van der Waals surface area (Å²) >= 11 is 0. The van der Waals surface area contributed by atoms with Crippen LogP contribution in [0.25, 0.3) is 0 Å². The number of benzene rings is 1. The highest BCUT2D eigenvalue weighted by molar-refractivity contribution is 6.06. The highest BCUT2D eigenvalue weighted by Crippen LogP contribution is 2.13. The molecule has 0 atom stereocenters. The lowest BCUT2D eigenvalue weighted by atomic mass is 10.2. The summed E-state index contributed by atoms with van der Waals surface area (Å²) in [6.45, 7) is 0. The zero-order valence-corrected chi connectivity index (χ0v) is 8.32. The standard InChI is InChI=1S/C11H11N3O/c1-3-9-4-6-10(7-5-9)14(8-12)11(15)13-2/h1,4-8,12H,2H3,(H,13,15). The number of hydrogen-bond donors (Lipinski definition) is 2. The van der Waals surface area contributed by atoms with E-state index in [1.165, 1.54) is 11.9 Å². The average Bonchev–Trinajstić information content (AvgIpc) is 2.30. The molecule has 0 spiro atoms. The van der Waals surface area contributed by atoms with Crippen LogP contribution in [-0.4, -0.2) is 19.4 Å². The van der Waals surface area contributed by atoms with E-state index in [9.17, 15) is 4.79 Å². The van der Waals surface area contributed by atoms with Gasteiger partial charge in [0.2, 0.25) is 0 Å². The van der Waals surface area contributed by atoms with E-state index in [1.807, 2.05) is 0 Å². The van der Waals surface area contributed by atoms with Crippen molar-refractivity contribution in [3.8, 4) is 12.3 Å². The molecule has 2 amide bonds. The number of urea groups is 1. The molecular formula is C11H11N3O. The van der Waals surface area contributed by atoms with Crippen LogP contribution in [0.15, 0.2) is 24.3 Å². The number of nitrogens with zero attached hydrogens (tertiary/aromatic N) is 1. The molecule has 1 aromatic rings. The van der Waals surface area contributed by atoms with Crippen LogP contribution in [0, 0.1) is 17.8 Å². The third kappa shape index (κ3) is 2.35. The first-order chi connectivity index (χ1) is 7.22. The van der Waals surface area contributed by atoms with Gasteiger partial charge in [0.25, 0.3) is 0 Å². The van der Waals surface area contributed by atoms with E-state index in [2.05, 4.69) is 11.2 Å². The summed E-state index contributed by atoms with van der Waals surface area (Å²) in [6.07, 6.45) is 6.15. The molecule has 1 rings (SSSR count). The van der Waals surface area contributed by atoms with Gasteiger partial charge in [0.05, 0.1) is 12.0 Å². The van der Waals surface area contributed by atoms with Crippen molar-refractivity contribution in [2.45, 2.75) is 0 Å². The average molecular weight is 201 g/mol. The molecule has 1 aromatic carbocycles. The second kappa shape index (κ2) is 4.82. The summed E-state index contributed by atoms with van der Waals surface area (Å²) in [6, 6.07) is 6.45. The zero-order valence-electron chi connectivity index (χ0n) is 8.32. The predicted octanol–water partition coefficient (Wildman–Crippen LogP) is 1.42. The lowest BCUT2D eigenvalue weighted by Gasteiger charge is -2.16. The van der Waals surface area contributed by atoms with Gasteiger partial charge in [-0.2, -0.15) is 0 Å². The van der Waals surface area contributed by atoms with E-state index >= 15 is 0 Å². The van der Waals surface area contributed by atoms with E-state index in [0.717, 1.165) is 11.9 Å². The Morgan fingerprint density at radius 3 is 2.53 bits per heavy atom. The quantitative estimate of drug-likeness (QED) is 0.424. The second-order valence-electron chi connectivity index (χ2n) is 2.75. The summed E-state index contributed by atoms with van der Waals surface area (Å²) < 4.78 is 0. The van der Waals surface area contributed by atoms with E-state index < -0.39 is 0 Å². The van der Waals surface area contributed by atoms with Crippen LogP contribution in [0.2, 0.25) is 0 Å². The van der Waals surface area contributed by atoms with Gasteiger partial charge >= 0.3 is 6.03 Å². The molecule has 0 heterocycles. The molecule has 0 fully saturated rings. The van der Waals surface area contributed by atoms with Crippen molar-refractivity contribution in [2.24, 2.45) is 0 Å². The number of hydrogen-bond acceptors (Lipinski definition) is 2. The highest BCUT2D eigenvalue weighted by Gasteiger charge is 2.10. The largest absolute Gasteiger partial charge is 0.340 e. The number of nitrogens with one attached hydrogen (secondary N) is 2. The lowest BCUT2D eigenvalue weighted by Crippen LogP contribution is -2.36. The van der Waals surface area contributed by atoms with Gasteiger partial charge in [-0.1, -0.05) is 5.92 Å². The molecule has 0 aliphatic heterocycles. The van der Waals surface area contributed by atoms with Crippen molar-refractivity contribution in [3.05, 3.63) is 29.8 Å². The second-order valence-corrected chi connectivity index (χ2v) is 2.75. The first kappa shape index (κ1) is 10.8. The van der Waals surface area contributed by atoms with Crippen molar-refractivity contribution in [1.29, 1.82) is 5.41 Å². The molecule has 0 saturated heterocycles. The van der Waals surface area contributed by atoms with Crippen LogP contribution in [-0.2, 0) is 0 Å². The third-order valence-electron chi connectivity index (χ3n) is 1.87. The fourth-order valence-electron chi connectivity index (χ4n) is 1.09. The minimum Gasteiger partial charge on any atom is -0.340 e. The molecule has 0 radical (unpaired) electrons. The molecule has 0 bridgehead atoms. The number of terminal acetylenes is 1. The number of carbonyl (C=O) groups is 1. The molecule has 76 valence electrons. The summed E-state index contributed by atoms with van der Waals surface area (Å²) in [5.41, 5.74) is 1.34. The summed E-state index contributed by atoms with van der Waals surface area (Å²) in [4.78, 5) is 12.5. The van der Waals surface area contributed by atoms with Gasteiger partial charge in [0, 0.05) is 12.6 Å². The Kier molecular flexibility index (Phi) is 3.47. The van der Waals surface area contributed by atoms with Crippen LogP contribution >= 0.6 is 0 Å². The number of anilines is 1. The molecule has 15 heavy (non-hydrogen) atoms. The third-order valence-corrected chi connectivity index (χ3v) is 1.87. The molecule has 0 aromatic heterocycles. The number of amides is 2. The Bertz CT molecular complexity index is 403.